The van der Waals surface area contributed by atoms with Gasteiger partial charge in [-0.1, -0.05) is 217 Å². The average Bonchev–Trinajstić information content (AvgIpc) is 2.06. The molecule has 0 fully saturated rings. The summed E-state index contributed by atoms with van der Waals surface area (Å²) in [6.45, 7) is 13.8. The Kier molecular flexibility index (Phi) is 22.8. The number of hydrogen-bond acceptors (Lipinski definition) is 9. The minimum atomic E-state index is 0.0767. The molecule has 7 heterocycles. The molecule has 9 heteroatoms. The third-order valence-corrected chi connectivity index (χ3v) is 26.4. The van der Waals surface area contributed by atoms with Crippen LogP contribution in [0.15, 0.2) is 109 Å². The Morgan fingerprint density at radius 3 is 1.26 bits per heavy atom. The fourth-order valence-electron chi connectivity index (χ4n) is 13.6. The number of unbranched alkanes of at least 4 members (excludes halogenated alkanes) is 20. The van der Waals surface area contributed by atoms with Gasteiger partial charge in [0.25, 0.3) is 0 Å². The lowest BCUT2D eigenvalue weighted by molar-refractivity contribution is 0.398. The summed E-state index contributed by atoms with van der Waals surface area (Å²) in [6, 6.07) is 43.7. The van der Waals surface area contributed by atoms with E-state index in [1.807, 2.05) is 68.0 Å². The predicted octanol–water partition coefficient (Wildman–Crippen LogP) is 27.9. The van der Waals surface area contributed by atoms with Crippen LogP contribution in [0.1, 0.15) is 227 Å². The molecule has 0 atom stereocenters. The van der Waals surface area contributed by atoms with Gasteiger partial charge in [-0.15, -0.1) is 68.0 Å². The van der Waals surface area contributed by atoms with E-state index in [1.165, 1.54) is 282 Å². The summed E-state index contributed by atoms with van der Waals surface area (Å²) >= 11 is 13.1. The summed E-state index contributed by atoms with van der Waals surface area (Å²) in [4.78, 5) is 16.4. The standard InChI is InChI=1S/C77H92N2S7/c1-7-11-15-19-23-27-31-56-51-71(84-75(56)69-45-43-66(82-69)65-40-34-54(6)80-65)59-37-38-60(74-73(59)78-86-79-74)72-52-57(32-28-24-20-16-12-8-2)76(85-72)70-46-44-68(83-70)67-42-41-64(81-67)55-35-36-58-61-49-53(5)33-39-62(61)77(63(58)50-55,47-29-25-21-17-13-9-3)48-30-26-22-18-14-10-4/h33-46,49-52H,7-32,47-48H2,1-6H3. The topological polar surface area (TPSA) is 25.8 Å². The van der Waals surface area contributed by atoms with Gasteiger partial charge in [0.1, 0.15) is 11.0 Å². The SMILES string of the molecule is CCCCCCCCc1cc(-c2ccc(-c3cc(CCCCCCCC)c(-c4ccc(-c5ccc(-c6ccc7c(c6)C(CCCCCCCC)(CCCCCCCC)c6ccc(C)cc6-7)s5)s4)s3)c3nsnc23)sc1-c1ccc(-c2ccc(C)s2)s1. The van der Waals surface area contributed by atoms with E-state index in [0.29, 0.717) is 0 Å². The van der Waals surface area contributed by atoms with Gasteiger partial charge in [0, 0.05) is 75.1 Å². The maximum Gasteiger partial charge on any atom is 0.114 e. The van der Waals surface area contributed by atoms with E-state index in [1.54, 1.807) is 11.1 Å². The molecule has 1 aliphatic rings. The number of aryl methyl sites for hydroxylation is 4. The van der Waals surface area contributed by atoms with Gasteiger partial charge in [0.2, 0.25) is 0 Å². The van der Waals surface area contributed by atoms with Crippen molar-refractivity contribution in [2.24, 2.45) is 0 Å². The zero-order chi connectivity index (χ0) is 59.2. The Morgan fingerprint density at radius 2 is 0.756 bits per heavy atom. The van der Waals surface area contributed by atoms with Crippen molar-refractivity contribution in [2.45, 2.75) is 227 Å². The molecule has 0 spiro atoms. The summed E-state index contributed by atoms with van der Waals surface area (Å²) < 4.78 is 10.2. The van der Waals surface area contributed by atoms with Gasteiger partial charge in [-0.2, -0.15) is 8.75 Å². The van der Waals surface area contributed by atoms with Gasteiger partial charge < -0.3 is 0 Å². The van der Waals surface area contributed by atoms with E-state index < -0.39 is 0 Å². The molecule has 1 aliphatic carbocycles. The van der Waals surface area contributed by atoms with Crippen LogP contribution in [0.2, 0.25) is 0 Å². The minimum absolute atomic E-state index is 0.0767. The van der Waals surface area contributed by atoms with Crippen LogP contribution in [0.4, 0.5) is 0 Å². The van der Waals surface area contributed by atoms with Crippen LogP contribution in [0.25, 0.3) is 92.5 Å². The summed E-state index contributed by atoms with van der Waals surface area (Å²) in [5.74, 6) is 0. The molecule has 0 radical (unpaired) electrons. The number of fused-ring (bicyclic) bond motifs is 4. The lowest BCUT2D eigenvalue weighted by Crippen LogP contribution is -2.25. The first-order chi connectivity index (χ1) is 42.3. The lowest BCUT2D eigenvalue weighted by atomic mass is 9.70. The predicted molar refractivity (Wildman–Crippen MR) is 389 cm³/mol. The fraction of sp³-hybridized carbons (Fsp3) is 0.455. The average molecular weight is 1270 g/mol. The van der Waals surface area contributed by atoms with Crippen LogP contribution in [-0.2, 0) is 18.3 Å². The highest BCUT2D eigenvalue weighted by Gasteiger charge is 2.42. The van der Waals surface area contributed by atoms with Crippen molar-refractivity contribution in [2.75, 3.05) is 0 Å². The summed E-state index contributed by atoms with van der Waals surface area (Å²) in [5.41, 5.74) is 16.5. The van der Waals surface area contributed by atoms with E-state index in [2.05, 4.69) is 151 Å². The van der Waals surface area contributed by atoms with Crippen molar-refractivity contribution in [1.82, 2.24) is 8.75 Å². The largest absolute Gasteiger partial charge is 0.172 e. The van der Waals surface area contributed by atoms with Crippen LogP contribution in [-0.4, -0.2) is 8.75 Å². The van der Waals surface area contributed by atoms with E-state index in [9.17, 15) is 0 Å². The second-order valence-electron chi connectivity index (χ2n) is 24.9. The van der Waals surface area contributed by atoms with Gasteiger partial charge in [-0.3, -0.25) is 0 Å². The normalized spacial score (nSPS) is 12.8. The molecule has 0 aliphatic heterocycles. The van der Waals surface area contributed by atoms with E-state index in [4.69, 9.17) is 8.75 Å². The molecule has 0 saturated carbocycles. The molecule has 11 rings (SSSR count). The van der Waals surface area contributed by atoms with E-state index >= 15 is 0 Å². The maximum absolute atomic E-state index is 5.12. The first-order valence-corrected chi connectivity index (χ1v) is 39.1. The second-order valence-corrected chi connectivity index (χ2v) is 32.1. The number of benzene rings is 3. The second kappa shape index (κ2) is 30.9. The highest BCUT2D eigenvalue weighted by atomic mass is 32.1. The number of thiophene rings is 6. The molecule has 0 bridgehead atoms. The molecule has 10 aromatic rings. The highest BCUT2D eigenvalue weighted by molar-refractivity contribution is 7.28. The number of rotatable bonds is 35. The van der Waals surface area contributed by atoms with Gasteiger partial charge in [-0.25, -0.2) is 0 Å². The van der Waals surface area contributed by atoms with Gasteiger partial charge in [-0.05, 0) is 158 Å². The molecule has 0 unspecified atom stereocenters. The zero-order valence-electron chi connectivity index (χ0n) is 52.4. The molecular weight excluding hydrogens is 1180 g/mol. The molecular formula is C77H92N2S7. The number of hydrogen-bond donors (Lipinski definition) is 0. The van der Waals surface area contributed by atoms with Crippen molar-refractivity contribution >= 4 is 90.8 Å². The van der Waals surface area contributed by atoms with Gasteiger partial charge >= 0.3 is 0 Å². The van der Waals surface area contributed by atoms with Crippen molar-refractivity contribution in [1.29, 1.82) is 0 Å². The van der Waals surface area contributed by atoms with Crippen molar-refractivity contribution < 1.29 is 0 Å². The van der Waals surface area contributed by atoms with Gasteiger partial charge in [0.15, 0.2) is 0 Å². The van der Waals surface area contributed by atoms with E-state index in [0.717, 1.165) is 23.9 Å². The zero-order valence-corrected chi connectivity index (χ0v) is 58.2. The van der Waals surface area contributed by atoms with E-state index in [-0.39, 0.29) is 5.41 Å². The highest BCUT2D eigenvalue weighted by Crippen LogP contribution is 2.56. The number of nitrogens with zero attached hydrogens (tertiary/aromatic N) is 2. The smallest absolute Gasteiger partial charge is 0.114 e. The summed E-state index contributed by atoms with van der Waals surface area (Å²) in [6.07, 6.45) is 36.4. The molecule has 86 heavy (non-hydrogen) atoms. The van der Waals surface area contributed by atoms with Crippen molar-refractivity contribution in [3.8, 4) is 81.5 Å². The van der Waals surface area contributed by atoms with Crippen LogP contribution in [0.3, 0.4) is 0 Å². The molecule has 3 aromatic carbocycles. The van der Waals surface area contributed by atoms with Crippen molar-refractivity contribution in [3.05, 3.63) is 142 Å². The number of aromatic nitrogens is 2. The molecule has 0 saturated heterocycles. The molecule has 2 nitrogen and oxygen atoms in total. The lowest BCUT2D eigenvalue weighted by Gasteiger charge is -2.33. The van der Waals surface area contributed by atoms with Crippen molar-refractivity contribution in [3.63, 3.8) is 0 Å². The Bertz CT molecular complexity index is 3730. The Hall–Kier alpha value is -4.32. The quantitative estimate of drug-likeness (QED) is 0.0370. The van der Waals surface area contributed by atoms with Crippen LogP contribution in [0.5, 0.6) is 0 Å². The third kappa shape index (κ3) is 14.8. The summed E-state index contributed by atoms with van der Waals surface area (Å²) in [5, 5.41) is 0. The molecule has 0 amide bonds. The van der Waals surface area contributed by atoms with Gasteiger partial charge in [0.05, 0.1) is 11.7 Å². The van der Waals surface area contributed by atoms with Crippen LogP contribution >= 0.6 is 79.7 Å². The monoisotopic (exact) mass is 1270 g/mol. The fourth-order valence-corrected chi connectivity index (χ4v) is 21.0. The maximum atomic E-state index is 5.12. The van der Waals surface area contributed by atoms with Crippen LogP contribution in [0, 0.1) is 13.8 Å². The Labute approximate surface area is 545 Å². The van der Waals surface area contributed by atoms with Crippen LogP contribution < -0.4 is 0 Å². The molecule has 0 N–H and O–H groups in total. The first kappa shape index (κ1) is 63.3. The third-order valence-electron chi connectivity index (χ3n) is 18.4. The summed E-state index contributed by atoms with van der Waals surface area (Å²) in [7, 11) is 0. The minimum Gasteiger partial charge on any atom is -0.172 e. The first-order valence-electron chi connectivity index (χ1n) is 33.4. The Balaban J connectivity index is 0.881. The molecule has 452 valence electrons. The molecule has 7 aromatic heterocycles. The Morgan fingerprint density at radius 1 is 0.326 bits per heavy atom.